The van der Waals surface area contributed by atoms with Gasteiger partial charge in [0.2, 0.25) is 0 Å². The van der Waals surface area contributed by atoms with E-state index in [4.69, 9.17) is 16.3 Å². The minimum absolute atomic E-state index is 0.0102. The lowest BCUT2D eigenvalue weighted by molar-refractivity contribution is -0.00397. The normalized spacial score (nSPS) is 24.6. The first-order valence-electron chi connectivity index (χ1n) is 11.4. The molecule has 1 amide bonds. The van der Waals surface area contributed by atoms with E-state index in [1.807, 2.05) is 45.0 Å². The Balaban J connectivity index is 1.82. The lowest BCUT2D eigenvalue weighted by Gasteiger charge is -2.43. The summed E-state index contributed by atoms with van der Waals surface area (Å²) in [6.07, 6.45) is 0.660. The van der Waals surface area contributed by atoms with E-state index in [0.717, 1.165) is 23.1 Å². The number of carbonyl (C=O) groups excluding carboxylic acids is 1. The molecule has 1 saturated heterocycles. The number of amides is 1. The van der Waals surface area contributed by atoms with Crippen LogP contribution in [-0.2, 0) is 4.74 Å². The summed E-state index contributed by atoms with van der Waals surface area (Å²) in [6, 6.07) is 7.57. The van der Waals surface area contributed by atoms with Crippen LogP contribution in [0.3, 0.4) is 0 Å². The van der Waals surface area contributed by atoms with Gasteiger partial charge in [-0.1, -0.05) is 37.6 Å². The van der Waals surface area contributed by atoms with Gasteiger partial charge in [0.15, 0.2) is 0 Å². The van der Waals surface area contributed by atoms with E-state index in [1.54, 1.807) is 4.90 Å². The van der Waals surface area contributed by atoms with Gasteiger partial charge in [0, 0.05) is 31.2 Å². The van der Waals surface area contributed by atoms with Crippen LogP contribution in [0.5, 0.6) is 0 Å². The molecule has 32 heavy (non-hydrogen) atoms. The van der Waals surface area contributed by atoms with Crippen molar-refractivity contribution in [1.82, 2.24) is 9.80 Å². The van der Waals surface area contributed by atoms with Gasteiger partial charge in [-0.25, -0.2) is 4.79 Å². The third kappa shape index (κ3) is 6.25. The van der Waals surface area contributed by atoms with Gasteiger partial charge in [-0.3, -0.25) is 4.90 Å². The fraction of sp³-hybridized carbons (Fsp3) is 0.640. The third-order valence-corrected chi connectivity index (χ3v) is 6.48. The minimum Gasteiger partial charge on any atom is -0.444 e. The molecule has 1 aliphatic heterocycles. The summed E-state index contributed by atoms with van der Waals surface area (Å²) in [7, 11) is 0. The maximum Gasteiger partial charge on any atom is 0.410 e. The summed E-state index contributed by atoms with van der Waals surface area (Å²) >= 11 is 6.10. The number of benzene rings is 1. The molecule has 0 spiro atoms. The average Bonchev–Trinajstić information content (AvgIpc) is 2.68. The van der Waals surface area contributed by atoms with Crippen LogP contribution in [0.25, 0.3) is 5.57 Å². The second-order valence-electron chi connectivity index (χ2n) is 10.8. The lowest BCUT2D eigenvalue weighted by atomic mass is 9.71. The summed E-state index contributed by atoms with van der Waals surface area (Å²) in [6.45, 7) is 11.9. The van der Waals surface area contributed by atoms with Crippen molar-refractivity contribution in [1.29, 1.82) is 0 Å². The number of aliphatic hydroxyl groups is 2. The maximum atomic E-state index is 12.5. The predicted molar refractivity (Wildman–Crippen MR) is 128 cm³/mol. The molecule has 6 nitrogen and oxygen atoms in total. The van der Waals surface area contributed by atoms with Crippen LogP contribution in [0.4, 0.5) is 4.79 Å². The maximum absolute atomic E-state index is 12.5. The number of rotatable bonds is 4. The Labute approximate surface area is 196 Å². The van der Waals surface area contributed by atoms with Crippen LogP contribution < -0.4 is 0 Å². The second-order valence-corrected chi connectivity index (χ2v) is 11.2. The number of aliphatic hydroxyl groups excluding tert-OH is 2. The van der Waals surface area contributed by atoms with E-state index in [1.165, 1.54) is 0 Å². The summed E-state index contributed by atoms with van der Waals surface area (Å²) in [5, 5.41) is 21.8. The quantitative estimate of drug-likeness (QED) is 0.699. The van der Waals surface area contributed by atoms with E-state index < -0.39 is 11.7 Å². The van der Waals surface area contributed by atoms with Gasteiger partial charge >= 0.3 is 6.09 Å². The Hall–Kier alpha value is -1.60. The molecule has 2 atom stereocenters. The van der Waals surface area contributed by atoms with E-state index in [-0.39, 0.29) is 24.2 Å². The minimum atomic E-state index is -0.555. The zero-order valence-electron chi connectivity index (χ0n) is 19.9. The van der Waals surface area contributed by atoms with Gasteiger partial charge < -0.3 is 19.8 Å². The smallest absolute Gasteiger partial charge is 0.410 e. The number of ether oxygens (including phenoxy) is 1. The van der Waals surface area contributed by atoms with Crippen molar-refractivity contribution in [2.45, 2.75) is 65.2 Å². The van der Waals surface area contributed by atoms with Crippen molar-refractivity contribution >= 4 is 23.3 Å². The highest BCUT2D eigenvalue weighted by Gasteiger charge is 2.37. The van der Waals surface area contributed by atoms with Gasteiger partial charge in [0.1, 0.15) is 5.60 Å². The van der Waals surface area contributed by atoms with Crippen LogP contribution >= 0.6 is 11.6 Å². The van der Waals surface area contributed by atoms with E-state index in [2.05, 4.69) is 18.7 Å². The van der Waals surface area contributed by atoms with E-state index >= 15 is 0 Å². The first-order chi connectivity index (χ1) is 14.9. The van der Waals surface area contributed by atoms with Crippen LogP contribution in [0.15, 0.2) is 29.8 Å². The van der Waals surface area contributed by atoms with Gasteiger partial charge in [-0.15, -0.1) is 0 Å². The molecule has 7 heteroatoms. The molecule has 1 aromatic rings. The van der Waals surface area contributed by atoms with E-state index in [0.29, 0.717) is 37.6 Å². The molecule has 2 aliphatic rings. The van der Waals surface area contributed by atoms with Crippen LogP contribution in [-0.4, -0.2) is 76.6 Å². The number of halogens is 1. The molecule has 1 aromatic carbocycles. The van der Waals surface area contributed by atoms with Gasteiger partial charge in [-0.05, 0) is 67.9 Å². The fourth-order valence-electron chi connectivity index (χ4n) is 4.64. The molecule has 0 aromatic heterocycles. The number of allylic oxidation sites excluding steroid dienone is 1. The molecule has 1 aliphatic carbocycles. The van der Waals surface area contributed by atoms with Crippen LogP contribution in [0.1, 0.15) is 53.0 Å². The highest BCUT2D eigenvalue weighted by Crippen LogP contribution is 2.43. The standard InChI is InChI=1S/C25H37ClN2O4/c1-24(2,3)32-23(31)28-11-10-27(19(14-28)16-29)15-21-20(12-25(4,5)13-22(21)30)17-6-8-18(26)9-7-17/h6-9,19,22,29-30H,10-16H2,1-5H3. The van der Waals surface area contributed by atoms with Crippen molar-refractivity contribution in [3.8, 4) is 0 Å². The average molecular weight is 465 g/mol. The van der Waals surface area contributed by atoms with Crippen molar-refractivity contribution in [2.75, 3.05) is 32.8 Å². The molecule has 2 N–H and O–H groups in total. The molecular formula is C25H37ClN2O4. The molecule has 0 radical (unpaired) electrons. The first-order valence-corrected chi connectivity index (χ1v) is 11.7. The second kappa shape index (κ2) is 9.72. The first kappa shape index (κ1) is 25.0. The van der Waals surface area contributed by atoms with Crippen LogP contribution in [0, 0.1) is 5.41 Å². The number of piperazine rings is 1. The number of hydrogen-bond acceptors (Lipinski definition) is 5. The Bertz CT molecular complexity index is 844. The summed E-state index contributed by atoms with van der Waals surface area (Å²) in [4.78, 5) is 16.3. The van der Waals surface area contributed by atoms with Crippen molar-refractivity contribution in [3.05, 3.63) is 40.4 Å². The Morgan fingerprint density at radius 1 is 1.22 bits per heavy atom. The zero-order chi connectivity index (χ0) is 23.7. The van der Waals surface area contributed by atoms with Gasteiger partial charge in [0.25, 0.3) is 0 Å². The van der Waals surface area contributed by atoms with Crippen molar-refractivity contribution in [3.63, 3.8) is 0 Å². The molecule has 1 fully saturated rings. The van der Waals surface area contributed by atoms with Crippen molar-refractivity contribution < 1.29 is 19.7 Å². The van der Waals surface area contributed by atoms with Gasteiger partial charge in [0.05, 0.1) is 18.8 Å². The van der Waals surface area contributed by atoms with Crippen LogP contribution in [0.2, 0.25) is 5.02 Å². The highest BCUT2D eigenvalue weighted by atomic mass is 35.5. The lowest BCUT2D eigenvalue weighted by Crippen LogP contribution is -2.57. The monoisotopic (exact) mass is 464 g/mol. The molecule has 3 rings (SSSR count). The highest BCUT2D eigenvalue weighted by molar-refractivity contribution is 6.30. The molecule has 0 bridgehead atoms. The summed E-state index contributed by atoms with van der Waals surface area (Å²) in [5.41, 5.74) is 2.65. The summed E-state index contributed by atoms with van der Waals surface area (Å²) < 4.78 is 5.51. The molecule has 2 unspecified atom stereocenters. The Kier molecular flexibility index (Phi) is 7.60. The molecular weight excluding hydrogens is 428 g/mol. The SMILES string of the molecule is CC1(C)CC(c2ccc(Cl)cc2)=C(CN2CCN(C(=O)OC(C)(C)C)CC2CO)C(O)C1. The Morgan fingerprint density at radius 3 is 2.47 bits per heavy atom. The van der Waals surface area contributed by atoms with E-state index in [9.17, 15) is 15.0 Å². The zero-order valence-corrected chi connectivity index (χ0v) is 20.7. The van der Waals surface area contributed by atoms with Crippen molar-refractivity contribution in [2.24, 2.45) is 5.41 Å². The summed E-state index contributed by atoms with van der Waals surface area (Å²) in [5.74, 6) is 0. The molecule has 1 heterocycles. The van der Waals surface area contributed by atoms with Gasteiger partial charge in [-0.2, -0.15) is 0 Å². The molecule has 178 valence electrons. The number of carbonyl (C=O) groups is 1. The number of nitrogens with zero attached hydrogens (tertiary/aromatic N) is 2. The fourth-order valence-corrected chi connectivity index (χ4v) is 4.76. The Morgan fingerprint density at radius 2 is 1.88 bits per heavy atom. The number of hydrogen-bond donors (Lipinski definition) is 2. The molecule has 0 saturated carbocycles. The predicted octanol–water partition coefficient (Wildman–Crippen LogP) is 4.19. The largest absolute Gasteiger partial charge is 0.444 e. The third-order valence-electron chi connectivity index (χ3n) is 6.22. The topological polar surface area (TPSA) is 73.2 Å².